The Bertz CT molecular complexity index is 743. The van der Waals surface area contributed by atoms with Gasteiger partial charge in [0.05, 0.1) is 12.7 Å². The molecular weight excluding hydrogens is 274 g/mol. The topological polar surface area (TPSA) is 50.9 Å². The van der Waals surface area contributed by atoms with Crippen LogP contribution in [-0.2, 0) is 6.54 Å². The molecule has 0 spiro atoms. The molecule has 1 heterocycles. The summed E-state index contributed by atoms with van der Waals surface area (Å²) in [6, 6.07) is 15.6. The maximum absolute atomic E-state index is 9.32. The number of aromatic nitrogens is 3. The standard InChI is InChI=1S/C18H19N3O/c1-13(2)15-5-3-14(4-6-15)11-21-12-18(19-20-21)16-7-9-17(22)10-8-16/h3-10,12-13,22H,11H2,1-2H3. The Kier molecular flexibility index (Phi) is 3.92. The Morgan fingerprint density at radius 1 is 1.00 bits per heavy atom. The molecule has 0 unspecified atom stereocenters. The van der Waals surface area contributed by atoms with Crippen LogP contribution < -0.4 is 0 Å². The predicted molar refractivity (Wildman–Crippen MR) is 86.8 cm³/mol. The van der Waals surface area contributed by atoms with Crippen LogP contribution in [0.2, 0.25) is 0 Å². The highest BCUT2D eigenvalue weighted by Gasteiger charge is 2.05. The maximum Gasteiger partial charge on any atom is 0.115 e. The third-order valence-corrected chi connectivity index (χ3v) is 3.69. The number of phenolic OH excluding ortho intramolecular Hbond substituents is 1. The van der Waals surface area contributed by atoms with E-state index in [-0.39, 0.29) is 5.75 Å². The zero-order valence-corrected chi connectivity index (χ0v) is 12.8. The average Bonchev–Trinajstić information content (AvgIpc) is 2.97. The van der Waals surface area contributed by atoms with Crippen LogP contribution in [0, 0.1) is 0 Å². The van der Waals surface area contributed by atoms with E-state index in [4.69, 9.17) is 0 Å². The monoisotopic (exact) mass is 293 g/mol. The highest BCUT2D eigenvalue weighted by molar-refractivity contribution is 5.58. The van der Waals surface area contributed by atoms with Crippen LogP contribution in [0.25, 0.3) is 11.3 Å². The number of nitrogens with zero attached hydrogens (tertiary/aromatic N) is 3. The summed E-state index contributed by atoms with van der Waals surface area (Å²) < 4.78 is 1.83. The van der Waals surface area contributed by atoms with Gasteiger partial charge in [-0.25, -0.2) is 4.68 Å². The summed E-state index contributed by atoms with van der Waals surface area (Å²) in [4.78, 5) is 0. The molecule has 0 radical (unpaired) electrons. The Morgan fingerprint density at radius 2 is 1.68 bits per heavy atom. The van der Waals surface area contributed by atoms with Crippen LogP contribution in [0.3, 0.4) is 0 Å². The van der Waals surface area contributed by atoms with Gasteiger partial charge < -0.3 is 5.11 Å². The first-order chi connectivity index (χ1) is 10.6. The van der Waals surface area contributed by atoms with Crippen molar-refractivity contribution in [2.24, 2.45) is 0 Å². The summed E-state index contributed by atoms with van der Waals surface area (Å²) in [5.41, 5.74) is 4.29. The van der Waals surface area contributed by atoms with Crippen LogP contribution >= 0.6 is 0 Å². The maximum atomic E-state index is 9.32. The van der Waals surface area contributed by atoms with Gasteiger partial charge in [-0.05, 0) is 41.3 Å². The fourth-order valence-electron chi connectivity index (χ4n) is 2.34. The van der Waals surface area contributed by atoms with Crippen molar-refractivity contribution < 1.29 is 5.11 Å². The summed E-state index contributed by atoms with van der Waals surface area (Å²) in [6.07, 6.45) is 1.92. The summed E-state index contributed by atoms with van der Waals surface area (Å²) in [6.45, 7) is 5.08. The number of aromatic hydroxyl groups is 1. The lowest BCUT2D eigenvalue weighted by atomic mass is 10.0. The van der Waals surface area contributed by atoms with Crippen molar-refractivity contribution in [2.75, 3.05) is 0 Å². The van der Waals surface area contributed by atoms with E-state index in [0.29, 0.717) is 12.5 Å². The van der Waals surface area contributed by atoms with Crippen molar-refractivity contribution in [1.82, 2.24) is 15.0 Å². The van der Waals surface area contributed by atoms with Gasteiger partial charge in [-0.3, -0.25) is 0 Å². The quantitative estimate of drug-likeness (QED) is 0.795. The van der Waals surface area contributed by atoms with Crippen LogP contribution in [0.4, 0.5) is 0 Å². The van der Waals surface area contributed by atoms with Crippen molar-refractivity contribution in [3.8, 4) is 17.0 Å². The van der Waals surface area contributed by atoms with Gasteiger partial charge in [0.15, 0.2) is 0 Å². The smallest absolute Gasteiger partial charge is 0.115 e. The predicted octanol–water partition coefficient (Wildman–Crippen LogP) is 3.82. The zero-order chi connectivity index (χ0) is 15.5. The van der Waals surface area contributed by atoms with Gasteiger partial charge in [0, 0.05) is 5.56 Å². The van der Waals surface area contributed by atoms with E-state index in [9.17, 15) is 5.11 Å². The molecule has 0 fully saturated rings. The Hall–Kier alpha value is -2.62. The van der Waals surface area contributed by atoms with E-state index < -0.39 is 0 Å². The molecular formula is C18H19N3O. The van der Waals surface area contributed by atoms with Crippen LogP contribution in [0.5, 0.6) is 5.75 Å². The summed E-state index contributed by atoms with van der Waals surface area (Å²) in [7, 11) is 0. The van der Waals surface area contributed by atoms with Crippen molar-refractivity contribution in [3.05, 3.63) is 65.9 Å². The lowest BCUT2D eigenvalue weighted by molar-refractivity contribution is 0.475. The fourth-order valence-corrected chi connectivity index (χ4v) is 2.34. The number of benzene rings is 2. The van der Waals surface area contributed by atoms with Gasteiger partial charge in [-0.2, -0.15) is 0 Å². The number of hydrogen-bond acceptors (Lipinski definition) is 3. The van der Waals surface area contributed by atoms with Crippen LogP contribution in [0.1, 0.15) is 30.9 Å². The molecule has 4 nitrogen and oxygen atoms in total. The molecule has 4 heteroatoms. The first-order valence-corrected chi connectivity index (χ1v) is 7.40. The van der Waals surface area contributed by atoms with Gasteiger partial charge in [-0.15, -0.1) is 5.10 Å². The van der Waals surface area contributed by atoms with E-state index >= 15 is 0 Å². The van der Waals surface area contributed by atoms with Crippen LogP contribution in [-0.4, -0.2) is 20.1 Å². The molecule has 0 bridgehead atoms. The highest BCUT2D eigenvalue weighted by Crippen LogP contribution is 2.20. The minimum Gasteiger partial charge on any atom is -0.508 e. The third kappa shape index (κ3) is 3.17. The molecule has 1 aromatic heterocycles. The fraction of sp³-hybridized carbons (Fsp3) is 0.222. The highest BCUT2D eigenvalue weighted by atomic mass is 16.3. The molecule has 0 aliphatic heterocycles. The second-order valence-corrected chi connectivity index (χ2v) is 5.74. The number of phenols is 1. The molecule has 22 heavy (non-hydrogen) atoms. The summed E-state index contributed by atoms with van der Waals surface area (Å²) >= 11 is 0. The van der Waals surface area contributed by atoms with Crippen molar-refractivity contribution in [2.45, 2.75) is 26.3 Å². The second kappa shape index (κ2) is 6.02. The van der Waals surface area contributed by atoms with Gasteiger partial charge in [0.1, 0.15) is 11.4 Å². The van der Waals surface area contributed by atoms with Crippen molar-refractivity contribution in [1.29, 1.82) is 0 Å². The molecule has 0 saturated heterocycles. The number of rotatable bonds is 4. The average molecular weight is 293 g/mol. The normalized spacial score (nSPS) is 11.0. The molecule has 3 aromatic rings. The minimum atomic E-state index is 0.251. The first kappa shape index (κ1) is 14.3. The summed E-state index contributed by atoms with van der Waals surface area (Å²) in [5, 5.41) is 17.7. The molecule has 0 atom stereocenters. The zero-order valence-electron chi connectivity index (χ0n) is 12.8. The SMILES string of the molecule is CC(C)c1ccc(Cn2cc(-c3ccc(O)cc3)nn2)cc1. The van der Waals surface area contributed by atoms with Crippen molar-refractivity contribution >= 4 is 0 Å². The third-order valence-electron chi connectivity index (χ3n) is 3.69. The van der Waals surface area contributed by atoms with Gasteiger partial charge in [0.25, 0.3) is 0 Å². The van der Waals surface area contributed by atoms with E-state index in [1.807, 2.05) is 23.0 Å². The van der Waals surface area contributed by atoms with E-state index in [0.717, 1.165) is 11.3 Å². The molecule has 2 aromatic carbocycles. The van der Waals surface area contributed by atoms with Crippen molar-refractivity contribution in [3.63, 3.8) is 0 Å². The minimum absolute atomic E-state index is 0.251. The second-order valence-electron chi connectivity index (χ2n) is 5.74. The Labute approximate surface area is 130 Å². The lowest BCUT2D eigenvalue weighted by Gasteiger charge is -2.06. The van der Waals surface area contributed by atoms with Gasteiger partial charge >= 0.3 is 0 Å². The van der Waals surface area contributed by atoms with E-state index in [1.165, 1.54) is 11.1 Å². The lowest BCUT2D eigenvalue weighted by Crippen LogP contribution is -2.00. The summed E-state index contributed by atoms with van der Waals surface area (Å²) in [5.74, 6) is 0.794. The Morgan fingerprint density at radius 3 is 2.32 bits per heavy atom. The van der Waals surface area contributed by atoms with E-state index in [1.54, 1.807) is 12.1 Å². The Balaban J connectivity index is 1.75. The molecule has 0 aliphatic carbocycles. The molecule has 0 aliphatic rings. The molecule has 3 rings (SSSR count). The largest absolute Gasteiger partial charge is 0.508 e. The molecule has 0 saturated carbocycles. The molecule has 112 valence electrons. The van der Waals surface area contributed by atoms with E-state index in [2.05, 4.69) is 48.4 Å². The number of hydrogen-bond donors (Lipinski definition) is 1. The van der Waals surface area contributed by atoms with Gasteiger partial charge in [0.2, 0.25) is 0 Å². The van der Waals surface area contributed by atoms with Crippen LogP contribution in [0.15, 0.2) is 54.7 Å². The molecule has 0 amide bonds. The first-order valence-electron chi connectivity index (χ1n) is 7.40. The molecule has 1 N–H and O–H groups in total. The van der Waals surface area contributed by atoms with Gasteiger partial charge in [-0.1, -0.05) is 43.3 Å².